The minimum absolute atomic E-state index is 0.0855. The highest BCUT2D eigenvalue weighted by Gasteiger charge is 2.16. The molecule has 0 fully saturated rings. The average molecular weight is 332 g/mol. The molecule has 0 aliphatic carbocycles. The van der Waals surface area contributed by atoms with Crippen LogP contribution in [-0.4, -0.2) is 24.9 Å². The van der Waals surface area contributed by atoms with Crippen molar-refractivity contribution in [3.8, 4) is 17.1 Å². The van der Waals surface area contributed by atoms with E-state index in [0.717, 1.165) is 17.7 Å². The van der Waals surface area contributed by atoms with E-state index in [1.807, 2.05) is 37.3 Å². The number of benzene rings is 2. The van der Waals surface area contributed by atoms with Gasteiger partial charge in [0, 0.05) is 5.56 Å². The highest BCUT2D eigenvalue weighted by atomic mass is 16.3. The smallest absolute Gasteiger partial charge is 0.203 e. The lowest BCUT2D eigenvalue weighted by atomic mass is 10.2. The Kier molecular flexibility index (Phi) is 3.74. The molecule has 2 aromatic carbocycles. The number of aryl methyl sites for hydroxylation is 1. The fraction of sp³-hybridized carbons (Fsp3) is 0.111. The van der Waals surface area contributed by atoms with Crippen LogP contribution in [-0.2, 0) is 6.42 Å². The van der Waals surface area contributed by atoms with E-state index in [9.17, 15) is 5.11 Å². The van der Waals surface area contributed by atoms with Crippen LogP contribution >= 0.6 is 0 Å². The summed E-state index contributed by atoms with van der Waals surface area (Å²) in [6.07, 6.45) is 0.737. The minimum atomic E-state index is 0.0855. The van der Waals surface area contributed by atoms with Gasteiger partial charge in [0.05, 0.1) is 5.69 Å². The molecule has 0 aliphatic rings. The third-order valence-corrected chi connectivity index (χ3v) is 3.87. The van der Waals surface area contributed by atoms with Crippen LogP contribution in [0.2, 0.25) is 0 Å². The number of hydrogen-bond donors (Lipinski definition) is 2. The fourth-order valence-electron chi connectivity index (χ4n) is 2.57. The van der Waals surface area contributed by atoms with Gasteiger partial charge in [0.2, 0.25) is 5.65 Å². The zero-order valence-electron chi connectivity index (χ0n) is 13.6. The van der Waals surface area contributed by atoms with E-state index in [0.29, 0.717) is 22.8 Å². The van der Waals surface area contributed by atoms with Gasteiger partial charge in [-0.15, -0.1) is 15.3 Å². The molecule has 124 valence electrons. The van der Waals surface area contributed by atoms with Crippen molar-refractivity contribution in [3.05, 3.63) is 60.3 Å². The summed E-state index contributed by atoms with van der Waals surface area (Å²) in [5, 5.41) is 26.0. The second-order valence-electron chi connectivity index (χ2n) is 5.52. The molecule has 0 amide bonds. The molecule has 0 unspecified atom stereocenters. The van der Waals surface area contributed by atoms with Crippen LogP contribution in [0, 0.1) is 0 Å². The van der Waals surface area contributed by atoms with Crippen molar-refractivity contribution in [2.45, 2.75) is 13.3 Å². The Balaban J connectivity index is 1.79. The van der Waals surface area contributed by atoms with Crippen LogP contribution in [0.25, 0.3) is 17.0 Å². The number of aromatic amines is 1. The first-order chi connectivity index (χ1) is 12.3. The predicted octanol–water partition coefficient (Wildman–Crippen LogP) is 4.41. The number of azo groups is 1. The van der Waals surface area contributed by atoms with Gasteiger partial charge in [-0.3, -0.25) is 5.10 Å². The van der Waals surface area contributed by atoms with E-state index >= 15 is 0 Å². The Morgan fingerprint density at radius 3 is 2.56 bits per heavy atom. The first kappa shape index (κ1) is 15.1. The van der Waals surface area contributed by atoms with Gasteiger partial charge >= 0.3 is 0 Å². The molecule has 2 heterocycles. The molecule has 4 aromatic rings. The van der Waals surface area contributed by atoms with E-state index in [1.165, 1.54) is 0 Å². The summed E-state index contributed by atoms with van der Waals surface area (Å²) in [6.45, 7) is 2.02. The van der Waals surface area contributed by atoms with Gasteiger partial charge in [-0.05, 0) is 18.6 Å². The summed E-state index contributed by atoms with van der Waals surface area (Å²) in [5.74, 6) is 0.704. The van der Waals surface area contributed by atoms with E-state index in [2.05, 4.69) is 25.4 Å². The maximum absolute atomic E-state index is 9.84. The molecule has 25 heavy (non-hydrogen) atoms. The third kappa shape index (κ3) is 2.76. The van der Waals surface area contributed by atoms with Gasteiger partial charge < -0.3 is 5.11 Å². The molecule has 4 rings (SSSR count). The topological polar surface area (TPSA) is 90.9 Å². The monoisotopic (exact) mass is 332 g/mol. The van der Waals surface area contributed by atoms with Crippen molar-refractivity contribution >= 4 is 17.0 Å². The standard InChI is InChI=1S/C18H16N6O/c1-2-13-16(21-20-14-10-6-7-11-15(14)25)18-19-17(23-24(18)22-13)12-8-4-3-5-9-12/h3-11,22,25H,2H2,1H3. The minimum Gasteiger partial charge on any atom is -0.506 e. The van der Waals surface area contributed by atoms with Gasteiger partial charge in [0.25, 0.3) is 0 Å². The molecule has 2 N–H and O–H groups in total. The molecular formula is C18H16N6O. The third-order valence-electron chi connectivity index (χ3n) is 3.87. The first-order valence-electron chi connectivity index (χ1n) is 7.99. The van der Waals surface area contributed by atoms with Crippen molar-refractivity contribution < 1.29 is 5.11 Å². The van der Waals surface area contributed by atoms with Crippen LogP contribution in [0.15, 0.2) is 64.8 Å². The number of nitrogens with one attached hydrogen (secondary N) is 1. The van der Waals surface area contributed by atoms with Gasteiger partial charge in [-0.1, -0.05) is 49.4 Å². The molecule has 0 saturated heterocycles. The van der Waals surface area contributed by atoms with Crippen molar-refractivity contribution in [2.24, 2.45) is 10.2 Å². The summed E-state index contributed by atoms with van der Waals surface area (Å²) in [5.41, 5.74) is 3.46. The number of fused-ring (bicyclic) bond motifs is 1. The summed E-state index contributed by atoms with van der Waals surface area (Å²) >= 11 is 0. The lowest BCUT2D eigenvalue weighted by Crippen LogP contribution is -1.89. The molecule has 2 aromatic heterocycles. The molecule has 0 saturated carbocycles. The number of hydrogen-bond acceptors (Lipinski definition) is 5. The molecule has 0 spiro atoms. The number of nitrogens with zero attached hydrogens (tertiary/aromatic N) is 5. The summed E-state index contributed by atoms with van der Waals surface area (Å²) < 4.78 is 1.61. The maximum Gasteiger partial charge on any atom is 0.203 e. The lowest BCUT2D eigenvalue weighted by molar-refractivity contribution is 0.476. The van der Waals surface area contributed by atoms with Crippen molar-refractivity contribution in [2.75, 3.05) is 0 Å². The van der Waals surface area contributed by atoms with Gasteiger partial charge in [-0.2, -0.15) is 4.63 Å². The van der Waals surface area contributed by atoms with Crippen molar-refractivity contribution in [1.82, 2.24) is 19.8 Å². The lowest BCUT2D eigenvalue weighted by Gasteiger charge is -1.96. The highest BCUT2D eigenvalue weighted by Crippen LogP contribution is 2.31. The Hall–Kier alpha value is -3.48. The fourth-order valence-corrected chi connectivity index (χ4v) is 2.57. The molecule has 7 heteroatoms. The summed E-state index contributed by atoms with van der Waals surface area (Å²) in [6, 6.07) is 16.6. The van der Waals surface area contributed by atoms with E-state index in [1.54, 1.807) is 28.9 Å². The number of aromatic nitrogens is 4. The number of rotatable bonds is 4. The molecule has 0 radical (unpaired) electrons. The highest BCUT2D eigenvalue weighted by molar-refractivity contribution is 5.70. The zero-order valence-corrected chi connectivity index (χ0v) is 13.6. The average Bonchev–Trinajstić information content (AvgIpc) is 3.20. The molecule has 0 atom stereocenters. The van der Waals surface area contributed by atoms with Crippen LogP contribution < -0.4 is 0 Å². The summed E-state index contributed by atoms with van der Waals surface area (Å²) in [7, 11) is 0. The largest absolute Gasteiger partial charge is 0.506 e. The Morgan fingerprint density at radius 2 is 1.80 bits per heavy atom. The second-order valence-corrected chi connectivity index (χ2v) is 5.52. The number of phenols is 1. The van der Waals surface area contributed by atoms with Crippen LogP contribution in [0.5, 0.6) is 5.75 Å². The Morgan fingerprint density at radius 1 is 1.04 bits per heavy atom. The zero-order chi connectivity index (χ0) is 17.2. The van der Waals surface area contributed by atoms with Crippen LogP contribution in [0.4, 0.5) is 11.4 Å². The first-order valence-corrected chi connectivity index (χ1v) is 7.99. The number of phenolic OH excluding ortho intramolecular Hbond substituents is 1. The molecule has 7 nitrogen and oxygen atoms in total. The molecular weight excluding hydrogens is 316 g/mol. The normalized spacial score (nSPS) is 11.6. The SMILES string of the molecule is CCc1[nH]n2nc(-c3ccccc3)nc2c1N=Nc1ccccc1O. The number of H-pyrrole nitrogens is 1. The van der Waals surface area contributed by atoms with Crippen molar-refractivity contribution in [1.29, 1.82) is 0 Å². The maximum atomic E-state index is 9.84. The van der Waals surface area contributed by atoms with Crippen LogP contribution in [0.1, 0.15) is 12.6 Å². The molecule has 0 aliphatic heterocycles. The van der Waals surface area contributed by atoms with Crippen molar-refractivity contribution in [3.63, 3.8) is 0 Å². The quantitative estimate of drug-likeness (QED) is 0.542. The Labute approximate surface area is 143 Å². The van der Waals surface area contributed by atoms with Gasteiger partial charge in [0.1, 0.15) is 11.4 Å². The van der Waals surface area contributed by atoms with E-state index in [4.69, 9.17) is 0 Å². The second kappa shape index (κ2) is 6.20. The van der Waals surface area contributed by atoms with Crippen LogP contribution in [0.3, 0.4) is 0 Å². The summed E-state index contributed by atoms with van der Waals surface area (Å²) in [4.78, 5) is 4.59. The van der Waals surface area contributed by atoms with Gasteiger partial charge in [-0.25, -0.2) is 4.98 Å². The van der Waals surface area contributed by atoms with E-state index in [-0.39, 0.29) is 5.75 Å². The van der Waals surface area contributed by atoms with E-state index < -0.39 is 0 Å². The predicted molar refractivity (Wildman–Crippen MR) is 94.4 cm³/mol. The number of para-hydroxylation sites is 1. The Bertz CT molecular complexity index is 1050. The molecule has 0 bridgehead atoms. The van der Waals surface area contributed by atoms with Gasteiger partial charge in [0.15, 0.2) is 11.5 Å². The number of aromatic hydroxyl groups is 1.